The van der Waals surface area contributed by atoms with Gasteiger partial charge in [0.25, 0.3) is 5.91 Å². The Bertz CT molecular complexity index is 581. The zero-order valence-electron chi connectivity index (χ0n) is 10.8. The van der Waals surface area contributed by atoms with Gasteiger partial charge in [0.1, 0.15) is 10.8 Å². The SMILES string of the molecule is CC(C)Cc1nnc(NC(=O)c2ccnc(N)c2)s1. The molecule has 0 bridgehead atoms. The van der Waals surface area contributed by atoms with Crippen molar-refractivity contribution in [2.75, 3.05) is 11.1 Å². The number of carbonyl (C=O) groups excluding carboxylic acids is 1. The second-order valence-electron chi connectivity index (χ2n) is 4.52. The van der Waals surface area contributed by atoms with Gasteiger partial charge in [-0.25, -0.2) is 4.98 Å². The van der Waals surface area contributed by atoms with E-state index in [2.05, 4.69) is 34.3 Å². The Morgan fingerprint density at radius 2 is 2.26 bits per heavy atom. The topological polar surface area (TPSA) is 93.8 Å². The summed E-state index contributed by atoms with van der Waals surface area (Å²) in [5.41, 5.74) is 5.98. The summed E-state index contributed by atoms with van der Waals surface area (Å²) in [5.74, 6) is 0.559. The minimum absolute atomic E-state index is 0.263. The first-order valence-corrected chi connectivity index (χ1v) is 6.71. The summed E-state index contributed by atoms with van der Waals surface area (Å²) in [4.78, 5) is 15.8. The summed E-state index contributed by atoms with van der Waals surface area (Å²) in [6.07, 6.45) is 2.35. The van der Waals surface area contributed by atoms with Crippen LogP contribution in [0.25, 0.3) is 0 Å². The summed E-state index contributed by atoms with van der Waals surface area (Å²) in [7, 11) is 0. The monoisotopic (exact) mass is 277 g/mol. The van der Waals surface area contributed by atoms with Gasteiger partial charge in [-0.3, -0.25) is 10.1 Å². The van der Waals surface area contributed by atoms with Gasteiger partial charge in [0.15, 0.2) is 0 Å². The Hall–Kier alpha value is -2.02. The fraction of sp³-hybridized carbons (Fsp3) is 0.333. The molecule has 100 valence electrons. The van der Waals surface area contributed by atoms with Gasteiger partial charge in [-0.2, -0.15) is 0 Å². The smallest absolute Gasteiger partial charge is 0.257 e. The molecule has 2 aromatic rings. The van der Waals surface area contributed by atoms with E-state index in [4.69, 9.17) is 5.73 Å². The maximum Gasteiger partial charge on any atom is 0.257 e. The van der Waals surface area contributed by atoms with Crippen LogP contribution in [0.15, 0.2) is 18.3 Å². The van der Waals surface area contributed by atoms with Crippen molar-refractivity contribution in [3.8, 4) is 0 Å². The van der Waals surface area contributed by atoms with Crippen LogP contribution in [-0.2, 0) is 6.42 Å². The molecule has 0 atom stereocenters. The van der Waals surface area contributed by atoms with Crippen LogP contribution in [0.4, 0.5) is 10.9 Å². The molecule has 0 radical (unpaired) electrons. The van der Waals surface area contributed by atoms with Crippen LogP contribution in [-0.4, -0.2) is 21.1 Å². The lowest BCUT2D eigenvalue weighted by Gasteiger charge is -2.01. The summed E-state index contributed by atoms with van der Waals surface area (Å²) in [6, 6.07) is 3.12. The molecule has 0 saturated heterocycles. The molecule has 2 aromatic heterocycles. The Morgan fingerprint density at radius 3 is 2.95 bits per heavy atom. The van der Waals surface area contributed by atoms with Gasteiger partial charge in [0, 0.05) is 18.2 Å². The van der Waals surface area contributed by atoms with E-state index >= 15 is 0 Å². The zero-order valence-corrected chi connectivity index (χ0v) is 11.6. The highest BCUT2D eigenvalue weighted by molar-refractivity contribution is 7.15. The van der Waals surface area contributed by atoms with Crippen LogP contribution in [0, 0.1) is 5.92 Å². The average molecular weight is 277 g/mol. The lowest BCUT2D eigenvalue weighted by molar-refractivity contribution is 0.102. The van der Waals surface area contributed by atoms with E-state index in [9.17, 15) is 4.79 Å². The summed E-state index contributed by atoms with van der Waals surface area (Å²) in [6.45, 7) is 4.22. The van der Waals surface area contributed by atoms with Gasteiger partial charge >= 0.3 is 0 Å². The molecule has 2 heterocycles. The minimum Gasteiger partial charge on any atom is -0.384 e. The molecule has 0 fully saturated rings. The van der Waals surface area contributed by atoms with Gasteiger partial charge < -0.3 is 5.73 Å². The van der Waals surface area contributed by atoms with Gasteiger partial charge in [0.05, 0.1) is 0 Å². The number of nitrogens with zero attached hydrogens (tertiary/aromatic N) is 3. The van der Waals surface area contributed by atoms with Crippen molar-refractivity contribution in [1.82, 2.24) is 15.2 Å². The minimum atomic E-state index is -0.263. The number of hydrogen-bond acceptors (Lipinski definition) is 6. The van der Waals surface area contributed by atoms with E-state index in [1.165, 1.54) is 23.6 Å². The largest absolute Gasteiger partial charge is 0.384 e. The maximum atomic E-state index is 11.9. The number of amides is 1. The molecule has 6 nitrogen and oxygen atoms in total. The number of aromatic nitrogens is 3. The first-order chi connectivity index (χ1) is 9.04. The molecule has 2 rings (SSSR count). The average Bonchev–Trinajstić information content (AvgIpc) is 2.75. The fourth-order valence-electron chi connectivity index (χ4n) is 1.49. The standard InChI is InChI=1S/C12H15N5OS/c1-7(2)5-10-16-17-12(19-10)15-11(18)8-3-4-14-9(13)6-8/h3-4,6-7H,5H2,1-2H3,(H2,13,14)(H,15,17,18). The van der Waals surface area contributed by atoms with E-state index in [0.29, 0.717) is 22.4 Å². The van der Waals surface area contributed by atoms with Crippen molar-refractivity contribution in [1.29, 1.82) is 0 Å². The Balaban J connectivity index is 2.05. The highest BCUT2D eigenvalue weighted by Crippen LogP contribution is 2.19. The number of nitrogens with one attached hydrogen (secondary N) is 1. The first-order valence-electron chi connectivity index (χ1n) is 5.90. The molecule has 0 aliphatic heterocycles. The molecule has 0 aliphatic carbocycles. The van der Waals surface area contributed by atoms with Crippen molar-refractivity contribution in [2.24, 2.45) is 5.92 Å². The Labute approximate surface area is 115 Å². The van der Waals surface area contributed by atoms with Crippen LogP contribution < -0.4 is 11.1 Å². The van der Waals surface area contributed by atoms with Crippen LogP contribution in [0.1, 0.15) is 29.2 Å². The molecule has 19 heavy (non-hydrogen) atoms. The molecule has 3 N–H and O–H groups in total. The number of nitrogen functional groups attached to an aromatic ring is 1. The molecule has 1 amide bonds. The van der Waals surface area contributed by atoms with Crippen LogP contribution in [0.2, 0.25) is 0 Å². The van der Waals surface area contributed by atoms with Crippen molar-refractivity contribution >= 4 is 28.2 Å². The van der Waals surface area contributed by atoms with E-state index in [0.717, 1.165) is 11.4 Å². The second kappa shape index (κ2) is 5.75. The highest BCUT2D eigenvalue weighted by Gasteiger charge is 2.11. The van der Waals surface area contributed by atoms with Crippen LogP contribution in [0.5, 0.6) is 0 Å². The summed E-state index contributed by atoms with van der Waals surface area (Å²) < 4.78 is 0. The van der Waals surface area contributed by atoms with E-state index in [1.807, 2.05) is 0 Å². The molecule has 0 spiro atoms. The number of carbonyl (C=O) groups is 1. The fourth-order valence-corrected chi connectivity index (χ4v) is 2.44. The van der Waals surface area contributed by atoms with E-state index in [1.54, 1.807) is 6.07 Å². The predicted molar refractivity (Wildman–Crippen MR) is 75.1 cm³/mol. The molecular weight excluding hydrogens is 262 g/mol. The summed E-state index contributed by atoms with van der Waals surface area (Å²) in [5, 5.41) is 12.1. The zero-order chi connectivity index (χ0) is 13.8. The highest BCUT2D eigenvalue weighted by atomic mass is 32.1. The van der Waals surface area contributed by atoms with Crippen molar-refractivity contribution < 1.29 is 4.79 Å². The Kier molecular flexibility index (Phi) is 4.06. The van der Waals surface area contributed by atoms with Gasteiger partial charge in [0.2, 0.25) is 5.13 Å². The predicted octanol–water partition coefficient (Wildman–Crippen LogP) is 1.97. The third-order valence-electron chi connectivity index (χ3n) is 2.31. The number of pyridine rings is 1. The molecule has 0 aromatic carbocycles. The normalized spacial score (nSPS) is 10.7. The lowest BCUT2D eigenvalue weighted by Crippen LogP contribution is -2.12. The molecule has 0 aliphatic rings. The van der Waals surface area contributed by atoms with Gasteiger partial charge in [-0.05, 0) is 18.1 Å². The van der Waals surface area contributed by atoms with E-state index in [-0.39, 0.29) is 5.91 Å². The molecule has 7 heteroatoms. The van der Waals surface area contributed by atoms with Crippen molar-refractivity contribution in [3.05, 3.63) is 28.9 Å². The first kappa shape index (κ1) is 13.4. The third kappa shape index (κ3) is 3.72. The van der Waals surface area contributed by atoms with Crippen LogP contribution >= 0.6 is 11.3 Å². The van der Waals surface area contributed by atoms with Gasteiger partial charge in [-0.15, -0.1) is 10.2 Å². The van der Waals surface area contributed by atoms with E-state index < -0.39 is 0 Å². The van der Waals surface area contributed by atoms with Crippen molar-refractivity contribution in [2.45, 2.75) is 20.3 Å². The maximum absolute atomic E-state index is 11.9. The lowest BCUT2D eigenvalue weighted by atomic mass is 10.1. The molecule has 0 saturated carbocycles. The number of nitrogens with two attached hydrogens (primary N) is 1. The van der Waals surface area contributed by atoms with Crippen molar-refractivity contribution in [3.63, 3.8) is 0 Å². The number of rotatable bonds is 4. The molecule has 0 unspecified atom stereocenters. The second-order valence-corrected chi connectivity index (χ2v) is 5.58. The Morgan fingerprint density at radius 1 is 1.47 bits per heavy atom. The summed E-state index contributed by atoms with van der Waals surface area (Å²) >= 11 is 1.39. The molecular formula is C12H15N5OS. The van der Waals surface area contributed by atoms with Crippen LogP contribution in [0.3, 0.4) is 0 Å². The van der Waals surface area contributed by atoms with Gasteiger partial charge in [-0.1, -0.05) is 25.2 Å². The third-order valence-corrected chi connectivity index (χ3v) is 3.17. The number of anilines is 2. The quantitative estimate of drug-likeness (QED) is 0.891. The number of hydrogen-bond donors (Lipinski definition) is 2.